The van der Waals surface area contributed by atoms with Gasteiger partial charge < -0.3 is 10.2 Å². The van der Waals surface area contributed by atoms with Crippen molar-refractivity contribution in [3.05, 3.63) is 29.3 Å². The van der Waals surface area contributed by atoms with Crippen LogP contribution in [0.2, 0.25) is 0 Å². The molecule has 1 N–H and O–H groups in total. The third-order valence-corrected chi connectivity index (χ3v) is 4.08. The Morgan fingerprint density at radius 2 is 2.11 bits per heavy atom. The van der Waals surface area contributed by atoms with E-state index in [1.54, 1.807) is 0 Å². The van der Waals surface area contributed by atoms with Crippen LogP contribution in [0.15, 0.2) is 18.2 Å². The minimum atomic E-state index is 0.452. The molecule has 0 amide bonds. The lowest BCUT2D eigenvalue weighted by Gasteiger charge is -2.40. The van der Waals surface area contributed by atoms with Gasteiger partial charge in [-0.05, 0) is 48.9 Å². The van der Waals surface area contributed by atoms with Crippen LogP contribution in [0.4, 0.5) is 5.69 Å². The molecule has 0 aliphatic carbocycles. The van der Waals surface area contributed by atoms with Gasteiger partial charge in [0.15, 0.2) is 0 Å². The molecule has 0 atom stereocenters. The number of nitrogens with zero attached hydrogens (tertiary/aromatic N) is 1. The largest absolute Gasteiger partial charge is 0.371 e. The summed E-state index contributed by atoms with van der Waals surface area (Å²) in [6, 6.07) is 6.91. The van der Waals surface area contributed by atoms with E-state index in [1.807, 2.05) is 0 Å². The maximum atomic E-state index is 3.39. The normalized spacial score (nSPS) is 18.6. The standard InChI is InChI=1S/C17H28N2/c1-5-18-12-15-7-8-16(14(2)11-15)19-10-6-9-17(3,4)13-19/h7-8,11,18H,5-6,9-10,12-13H2,1-4H3. The molecule has 1 aromatic carbocycles. The number of hydrogen-bond acceptors (Lipinski definition) is 2. The van der Waals surface area contributed by atoms with Crippen molar-refractivity contribution in [3.63, 3.8) is 0 Å². The Balaban J connectivity index is 2.12. The SMILES string of the molecule is CCNCc1ccc(N2CCCC(C)(C)C2)c(C)c1. The molecule has 0 radical (unpaired) electrons. The molecular formula is C17H28N2. The van der Waals surface area contributed by atoms with E-state index in [1.165, 1.54) is 42.7 Å². The molecule has 1 aliphatic heterocycles. The lowest BCUT2D eigenvalue weighted by molar-refractivity contribution is 0.293. The number of rotatable bonds is 4. The summed E-state index contributed by atoms with van der Waals surface area (Å²) in [4.78, 5) is 2.57. The summed E-state index contributed by atoms with van der Waals surface area (Å²) in [6.45, 7) is 13.5. The number of hydrogen-bond donors (Lipinski definition) is 1. The Hall–Kier alpha value is -1.02. The summed E-state index contributed by atoms with van der Waals surface area (Å²) >= 11 is 0. The van der Waals surface area contributed by atoms with Gasteiger partial charge in [-0.1, -0.05) is 32.9 Å². The number of anilines is 1. The van der Waals surface area contributed by atoms with Crippen molar-refractivity contribution in [1.29, 1.82) is 0 Å². The Labute approximate surface area is 118 Å². The molecule has 1 aliphatic rings. The average molecular weight is 260 g/mol. The van der Waals surface area contributed by atoms with Crippen LogP contribution >= 0.6 is 0 Å². The molecule has 1 saturated heterocycles. The molecule has 2 heteroatoms. The molecule has 2 rings (SSSR count). The van der Waals surface area contributed by atoms with E-state index < -0.39 is 0 Å². The third-order valence-electron chi connectivity index (χ3n) is 4.08. The van der Waals surface area contributed by atoms with Crippen LogP contribution in [0.25, 0.3) is 0 Å². The number of aryl methyl sites for hydroxylation is 1. The fraction of sp³-hybridized carbons (Fsp3) is 0.647. The molecular weight excluding hydrogens is 232 g/mol. The maximum absolute atomic E-state index is 3.39. The second-order valence-electron chi connectivity index (χ2n) is 6.59. The minimum absolute atomic E-state index is 0.452. The molecule has 2 nitrogen and oxygen atoms in total. The first kappa shape index (κ1) is 14.4. The maximum Gasteiger partial charge on any atom is 0.0396 e. The zero-order valence-electron chi connectivity index (χ0n) is 12.9. The summed E-state index contributed by atoms with van der Waals surface area (Å²) < 4.78 is 0. The van der Waals surface area contributed by atoms with Gasteiger partial charge in [0.25, 0.3) is 0 Å². The van der Waals surface area contributed by atoms with E-state index in [0.29, 0.717) is 5.41 Å². The van der Waals surface area contributed by atoms with Crippen LogP contribution in [-0.2, 0) is 6.54 Å². The molecule has 106 valence electrons. The van der Waals surface area contributed by atoms with Crippen LogP contribution in [0.3, 0.4) is 0 Å². The van der Waals surface area contributed by atoms with E-state index in [2.05, 4.69) is 56.1 Å². The van der Waals surface area contributed by atoms with Gasteiger partial charge in [-0.25, -0.2) is 0 Å². The Morgan fingerprint density at radius 1 is 1.32 bits per heavy atom. The molecule has 0 aromatic heterocycles. The molecule has 0 spiro atoms. The van der Waals surface area contributed by atoms with Gasteiger partial charge in [-0.3, -0.25) is 0 Å². The van der Waals surface area contributed by atoms with E-state index >= 15 is 0 Å². The summed E-state index contributed by atoms with van der Waals surface area (Å²) in [5.74, 6) is 0. The van der Waals surface area contributed by atoms with Crippen molar-refractivity contribution in [3.8, 4) is 0 Å². The fourth-order valence-electron chi connectivity index (χ4n) is 3.08. The van der Waals surface area contributed by atoms with Gasteiger partial charge in [0.2, 0.25) is 0 Å². The van der Waals surface area contributed by atoms with Gasteiger partial charge in [0, 0.05) is 25.3 Å². The summed E-state index contributed by atoms with van der Waals surface area (Å²) in [6.07, 6.45) is 2.66. The van der Waals surface area contributed by atoms with Gasteiger partial charge in [0.1, 0.15) is 0 Å². The summed E-state index contributed by atoms with van der Waals surface area (Å²) in [7, 11) is 0. The lowest BCUT2D eigenvalue weighted by Crippen LogP contribution is -2.40. The predicted molar refractivity (Wildman–Crippen MR) is 83.8 cm³/mol. The first-order valence-electron chi connectivity index (χ1n) is 7.57. The predicted octanol–water partition coefficient (Wildman–Crippen LogP) is 3.73. The third kappa shape index (κ3) is 3.73. The van der Waals surface area contributed by atoms with E-state index in [4.69, 9.17) is 0 Å². The first-order chi connectivity index (χ1) is 9.02. The molecule has 1 fully saturated rings. The number of benzene rings is 1. The van der Waals surface area contributed by atoms with Crippen molar-refractivity contribution < 1.29 is 0 Å². The van der Waals surface area contributed by atoms with E-state index in [9.17, 15) is 0 Å². The highest BCUT2D eigenvalue weighted by atomic mass is 15.1. The molecule has 0 bridgehead atoms. The van der Waals surface area contributed by atoms with Crippen molar-refractivity contribution in [1.82, 2.24) is 5.32 Å². The van der Waals surface area contributed by atoms with E-state index in [0.717, 1.165) is 13.1 Å². The molecule has 0 unspecified atom stereocenters. The van der Waals surface area contributed by atoms with Crippen molar-refractivity contribution in [2.45, 2.75) is 47.1 Å². The average Bonchev–Trinajstić information content (AvgIpc) is 2.35. The highest BCUT2D eigenvalue weighted by Crippen LogP contribution is 2.33. The molecule has 0 saturated carbocycles. The smallest absolute Gasteiger partial charge is 0.0396 e. The molecule has 1 heterocycles. The van der Waals surface area contributed by atoms with Crippen molar-refractivity contribution >= 4 is 5.69 Å². The Morgan fingerprint density at radius 3 is 2.74 bits per heavy atom. The highest BCUT2D eigenvalue weighted by Gasteiger charge is 2.26. The topological polar surface area (TPSA) is 15.3 Å². The van der Waals surface area contributed by atoms with Crippen molar-refractivity contribution in [2.75, 3.05) is 24.5 Å². The monoisotopic (exact) mass is 260 g/mol. The van der Waals surface area contributed by atoms with Gasteiger partial charge in [-0.2, -0.15) is 0 Å². The Kier molecular flexibility index (Phi) is 4.51. The van der Waals surface area contributed by atoms with E-state index in [-0.39, 0.29) is 0 Å². The van der Waals surface area contributed by atoms with Crippen LogP contribution < -0.4 is 10.2 Å². The lowest BCUT2D eigenvalue weighted by atomic mass is 9.84. The molecule has 1 aromatic rings. The van der Waals surface area contributed by atoms with Gasteiger partial charge in [0.05, 0.1) is 0 Å². The van der Waals surface area contributed by atoms with Gasteiger partial charge in [-0.15, -0.1) is 0 Å². The van der Waals surface area contributed by atoms with Crippen molar-refractivity contribution in [2.24, 2.45) is 5.41 Å². The molecule has 19 heavy (non-hydrogen) atoms. The van der Waals surface area contributed by atoms with Crippen LogP contribution in [0.5, 0.6) is 0 Å². The highest BCUT2D eigenvalue weighted by molar-refractivity contribution is 5.55. The quantitative estimate of drug-likeness (QED) is 0.887. The first-order valence-corrected chi connectivity index (χ1v) is 7.57. The second kappa shape index (κ2) is 5.96. The number of nitrogens with one attached hydrogen (secondary N) is 1. The fourth-order valence-corrected chi connectivity index (χ4v) is 3.08. The van der Waals surface area contributed by atoms with Crippen LogP contribution in [0, 0.1) is 12.3 Å². The van der Waals surface area contributed by atoms with Crippen LogP contribution in [-0.4, -0.2) is 19.6 Å². The summed E-state index contributed by atoms with van der Waals surface area (Å²) in [5.41, 5.74) is 4.67. The van der Waals surface area contributed by atoms with Gasteiger partial charge >= 0.3 is 0 Å². The summed E-state index contributed by atoms with van der Waals surface area (Å²) in [5, 5.41) is 3.39. The second-order valence-corrected chi connectivity index (χ2v) is 6.59. The number of piperidine rings is 1. The Bertz CT molecular complexity index is 423. The van der Waals surface area contributed by atoms with Crippen LogP contribution in [0.1, 0.15) is 44.7 Å². The zero-order chi connectivity index (χ0) is 13.9. The zero-order valence-corrected chi connectivity index (χ0v) is 12.9. The minimum Gasteiger partial charge on any atom is -0.371 e.